The van der Waals surface area contributed by atoms with Gasteiger partial charge in [0.05, 0.1) is 10.4 Å². The van der Waals surface area contributed by atoms with Crippen molar-refractivity contribution in [1.82, 2.24) is 14.8 Å². The van der Waals surface area contributed by atoms with E-state index in [9.17, 15) is 0 Å². The quantitative estimate of drug-likeness (QED) is 0.732. The second-order valence-electron chi connectivity index (χ2n) is 4.90. The molecule has 0 saturated carbocycles. The fourth-order valence-corrected chi connectivity index (χ4v) is 2.59. The Morgan fingerprint density at radius 2 is 2.20 bits per heavy atom. The third kappa shape index (κ3) is 3.73. The van der Waals surface area contributed by atoms with Crippen LogP contribution in [0.1, 0.15) is 25.2 Å². The number of alkyl halides is 1. The summed E-state index contributed by atoms with van der Waals surface area (Å²) in [6.07, 6.45) is 1.56. The van der Waals surface area contributed by atoms with E-state index in [2.05, 4.69) is 39.9 Å². The van der Waals surface area contributed by atoms with Gasteiger partial charge in [0.25, 0.3) is 0 Å². The summed E-state index contributed by atoms with van der Waals surface area (Å²) in [5.41, 5.74) is 0.955. The van der Waals surface area contributed by atoms with Gasteiger partial charge >= 0.3 is 0 Å². The van der Waals surface area contributed by atoms with E-state index >= 15 is 0 Å². The van der Waals surface area contributed by atoms with Crippen molar-refractivity contribution in [1.29, 1.82) is 0 Å². The van der Waals surface area contributed by atoms with Crippen molar-refractivity contribution >= 4 is 27.5 Å². The number of para-hydroxylation sites is 1. The Kier molecular flexibility index (Phi) is 5.43. The van der Waals surface area contributed by atoms with E-state index in [1.807, 2.05) is 22.9 Å². The van der Waals surface area contributed by atoms with Crippen molar-refractivity contribution in [2.75, 3.05) is 0 Å². The molecule has 0 N–H and O–H groups in total. The number of ether oxygens (including phenoxy) is 1. The van der Waals surface area contributed by atoms with Gasteiger partial charge in [-0.3, -0.25) is 0 Å². The molecule has 4 nitrogen and oxygen atoms in total. The van der Waals surface area contributed by atoms with Gasteiger partial charge in [-0.1, -0.05) is 26.0 Å². The Morgan fingerprint density at radius 1 is 1.40 bits per heavy atom. The SMILES string of the molecule is CC(C)Cn1ncnc1COc1c(Br)cccc1CCl. The molecule has 0 saturated heterocycles. The maximum Gasteiger partial charge on any atom is 0.164 e. The number of aromatic nitrogens is 3. The second-order valence-corrected chi connectivity index (χ2v) is 6.02. The molecule has 0 aliphatic carbocycles. The minimum atomic E-state index is 0.374. The van der Waals surface area contributed by atoms with Crippen LogP contribution in [0.3, 0.4) is 0 Å². The second kappa shape index (κ2) is 7.09. The van der Waals surface area contributed by atoms with Gasteiger partial charge in [-0.2, -0.15) is 5.10 Å². The van der Waals surface area contributed by atoms with Crippen molar-refractivity contribution in [3.63, 3.8) is 0 Å². The molecule has 0 fully saturated rings. The van der Waals surface area contributed by atoms with E-state index < -0.39 is 0 Å². The molecule has 0 radical (unpaired) electrons. The normalized spacial score (nSPS) is 11.1. The van der Waals surface area contributed by atoms with Gasteiger partial charge in [0.15, 0.2) is 5.82 Å². The van der Waals surface area contributed by atoms with Crippen LogP contribution >= 0.6 is 27.5 Å². The van der Waals surface area contributed by atoms with Crippen LogP contribution in [0.2, 0.25) is 0 Å². The molecule has 2 rings (SSSR count). The van der Waals surface area contributed by atoms with E-state index in [1.165, 1.54) is 0 Å². The third-order valence-electron chi connectivity index (χ3n) is 2.77. The van der Waals surface area contributed by atoms with Crippen molar-refractivity contribution in [2.45, 2.75) is 32.9 Å². The minimum absolute atomic E-state index is 0.374. The molecule has 2 aromatic rings. The predicted molar refractivity (Wildman–Crippen MR) is 82.9 cm³/mol. The molecule has 0 amide bonds. The van der Waals surface area contributed by atoms with E-state index in [1.54, 1.807) is 6.33 Å². The molecule has 1 aromatic carbocycles. The van der Waals surface area contributed by atoms with Crippen molar-refractivity contribution in [2.24, 2.45) is 5.92 Å². The fraction of sp³-hybridized carbons (Fsp3) is 0.429. The molecular formula is C14H17BrClN3O. The minimum Gasteiger partial charge on any atom is -0.484 e. The largest absolute Gasteiger partial charge is 0.484 e. The van der Waals surface area contributed by atoms with E-state index in [0.29, 0.717) is 18.4 Å². The topological polar surface area (TPSA) is 39.9 Å². The first-order chi connectivity index (χ1) is 9.61. The zero-order chi connectivity index (χ0) is 14.5. The molecule has 1 aromatic heterocycles. The van der Waals surface area contributed by atoms with Crippen LogP contribution in [0, 0.1) is 5.92 Å². The molecule has 0 spiro atoms. The zero-order valence-corrected chi connectivity index (χ0v) is 13.9. The van der Waals surface area contributed by atoms with Crippen LogP contribution < -0.4 is 4.74 Å². The zero-order valence-electron chi connectivity index (χ0n) is 11.5. The number of rotatable bonds is 6. The highest BCUT2D eigenvalue weighted by atomic mass is 79.9. The Hall–Kier alpha value is -1.07. The lowest BCUT2D eigenvalue weighted by molar-refractivity contribution is 0.279. The lowest BCUT2D eigenvalue weighted by Gasteiger charge is -2.13. The maximum absolute atomic E-state index is 5.93. The number of halogens is 2. The van der Waals surface area contributed by atoms with Gasteiger partial charge in [0, 0.05) is 12.1 Å². The molecule has 1 heterocycles. The average Bonchev–Trinajstić information content (AvgIpc) is 2.83. The highest BCUT2D eigenvalue weighted by molar-refractivity contribution is 9.10. The Morgan fingerprint density at radius 3 is 2.90 bits per heavy atom. The van der Waals surface area contributed by atoms with Crippen LogP contribution in [0.4, 0.5) is 0 Å². The predicted octanol–water partition coefficient (Wildman–Crippen LogP) is 4.01. The van der Waals surface area contributed by atoms with Gasteiger partial charge in [-0.25, -0.2) is 9.67 Å². The standard InChI is InChI=1S/C14H17BrClN3O/c1-10(2)7-19-13(17-9-18-19)8-20-14-11(6-16)4-3-5-12(14)15/h3-5,9-10H,6-8H2,1-2H3. The lowest BCUT2D eigenvalue weighted by Crippen LogP contribution is -2.12. The molecule has 20 heavy (non-hydrogen) atoms. The first-order valence-electron chi connectivity index (χ1n) is 6.44. The molecule has 0 aliphatic heterocycles. The van der Waals surface area contributed by atoms with Crippen molar-refractivity contribution in [3.05, 3.63) is 40.4 Å². The van der Waals surface area contributed by atoms with Crippen LogP contribution in [0.25, 0.3) is 0 Å². The summed E-state index contributed by atoms with van der Waals surface area (Å²) in [6, 6.07) is 5.83. The first kappa shape index (κ1) is 15.3. The maximum atomic E-state index is 5.93. The van der Waals surface area contributed by atoms with Gasteiger partial charge in [0.2, 0.25) is 0 Å². The van der Waals surface area contributed by atoms with Gasteiger partial charge in [-0.15, -0.1) is 11.6 Å². The molecular weight excluding hydrogens is 342 g/mol. The lowest BCUT2D eigenvalue weighted by atomic mass is 10.2. The highest BCUT2D eigenvalue weighted by Crippen LogP contribution is 2.30. The fourth-order valence-electron chi connectivity index (χ4n) is 1.86. The van der Waals surface area contributed by atoms with Crippen LogP contribution in [0.5, 0.6) is 5.75 Å². The van der Waals surface area contributed by atoms with Crippen LogP contribution in [0.15, 0.2) is 29.0 Å². The average molecular weight is 359 g/mol. The Bertz CT molecular complexity index is 571. The monoisotopic (exact) mass is 357 g/mol. The molecule has 0 bridgehead atoms. The van der Waals surface area contributed by atoms with Crippen LogP contribution in [-0.4, -0.2) is 14.8 Å². The van der Waals surface area contributed by atoms with Crippen molar-refractivity contribution < 1.29 is 4.74 Å². The Balaban J connectivity index is 2.11. The molecule has 6 heteroatoms. The number of hydrogen-bond acceptors (Lipinski definition) is 3. The van der Waals surface area contributed by atoms with Crippen LogP contribution in [-0.2, 0) is 19.0 Å². The number of hydrogen-bond donors (Lipinski definition) is 0. The molecule has 108 valence electrons. The van der Waals surface area contributed by atoms with Gasteiger partial charge in [-0.05, 0) is 27.9 Å². The molecule has 0 unspecified atom stereocenters. The summed E-state index contributed by atoms with van der Waals surface area (Å²) >= 11 is 9.42. The third-order valence-corrected chi connectivity index (χ3v) is 3.68. The summed E-state index contributed by atoms with van der Waals surface area (Å²) in [5.74, 6) is 2.50. The van der Waals surface area contributed by atoms with Crippen molar-refractivity contribution in [3.8, 4) is 5.75 Å². The Labute approximate surface area is 132 Å². The van der Waals surface area contributed by atoms with E-state index in [0.717, 1.165) is 28.2 Å². The summed E-state index contributed by atoms with van der Waals surface area (Å²) < 4.78 is 8.64. The summed E-state index contributed by atoms with van der Waals surface area (Å²) in [7, 11) is 0. The molecule has 0 atom stereocenters. The summed E-state index contributed by atoms with van der Waals surface area (Å²) in [6.45, 7) is 5.49. The van der Waals surface area contributed by atoms with Gasteiger partial charge in [0.1, 0.15) is 18.7 Å². The summed E-state index contributed by atoms with van der Waals surface area (Å²) in [4.78, 5) is 4.25. The number of benzene rings is 1. The molecule has 0 aliphatic rings. The van der Waals surface area contributed by atoms with E-state index in [4.69, 9.17) is 16.3 Å². The highest BCUT2D eigenvalue weighted by Gasteiger charge is 2.11. The van der Waals surface area contributed by atoms with Gasteiger partial charge < -0.3 is 4.74 Å². The first-order valence-corrected chi connectivity index (χ1v) is 7.77. The van der Waals surface area contributed by atoms with E-state index in [-0.39, 0.29) is 0 Å². The number of nitrogens with zero attached hydrogens (tertiary/aromatic N) is 3. The smallest absolute Gasteiger partial charge is 0.164 e. The summed E-state index contributed by atoms with van der Waals surface area (Å²) in [5, 5.41) is 4.22.